The van der Waals surface area contributed by atoms with Crippen molar-refractivity contribution in [2.75, 3.05) is 0 Å². The summed E-state index contributed by atoms with van der Waals surface area (Å²) in [6.45, 7) is 3.80. The highest BCUT2D eigenvalue weighted by Gasteiger charge is 2.17. The molecule has 0 saturated carbocycles. The number of sulfone groups is 1. The lowest BCUT2D eigenvalue weighted by molar-refractivity contribution is 0.594. The van der Waals surface area contributed by atoms with Crippen molar-refractivity contribution in [2.45, 2.75) is 24.5 Å². The Hall–Kier alpha value is -1.61. The van der Waals surface area contributed by atoms with E-state index in [9.17, 15) is 8.42 Å². The predicted molar refractivity (Wildman–Crippen MR) is 73.2 cm³/mol. The molecule has 0 heterocycles. The van der Waals surface area contributed by atoms with Crippen LogP contribution in [0.25, 0.3) is 0 Å². The van der Waals surface area contributed by atoms with Gasteiger partial charge in [0.25, 0.3) is 0 Å². The molecule has 0 bridgehead atoms. The van der Waals surface area contributed by atoms with Gasteiger partial charge in [-0.15, -0.1) is 0 Å². The van der Waals surface area contributed by atoms with Crippen molar-refractivity contribution in [2.24, 2.45) is 0 Å². The maximum Gasteiger partial charge on any atom is 0.182 e. The van der Waals surface area contributed by atoms with Gasteiger partial charge in [0, 0.05) is 0 Å². The van der Waals surface area contributed by atoms with Crippen molar-refractivity contribution in [3.8, 4) is 0 Å². The lowest BCUT2D eigenvalue weighted by atomic mass is 10.2. The van der Waals surface area contributed by atoms with E-state index >= 15 is 0 Å². The van der Waals surface area contributed by atoms with Crippen LogP contribution < -0.4 is 0 Å². The zero-order valence-corrected chi connectivity index (χ0v) is 11.4. The predicted octanol–water partition coefficient (Wildman–Crippen LogP) is 3.28. The fraction of sp³-hybridized carbons (Fsp3) is 0.200. The van der Waals surface area contributed by atoms with Gasteiger partial charge in [-0.3, -0.25) is 0 Å². The van der Waals surface area contributed by atoms with Crippen LogP contribution in [0, 0.1) is 13.8 Å². The zero-order valence-electron chi connectivity index (χ0n) is 10.6. The highest BCUT2D eigenvalue weighted by molar-refractivity contribution is 7.90. The van der Waals surface area contributed by atoms with Gasteiger partial charge in [-0.05, 0) is 31.0 Å². The first-order valence-corrected chi connectivity index (χ1v) is 7.48. The molecule has 18 heavy (non-hydrogen) atoms. The van der Waals surface area contributed by atoms with Crippen molar-refractivity contribution >= 4 is 9.84 Å². The number of benzene rings is 2. The van der Waals surface area contributed by atoms with Crippen LogP contribution in [0.15, 0.2) is 53.4 Å². The summed E-state index contributed by atoms with van der Waals surface area (Å²) in [5.74, 6) is 0.0533. The molecular formula is C15H16O2S. The van der Waals surface area contributed by atoms with Crippen molar-refractivity contribution in [1.29, 1.82) is 0 Å². The Morgan fingerprint density at radius 2 is 1.61 bits per heavy atom. The van der Waals surface area contributed by atoms with E-state index in [4.69, 9.17) is 0 Å². The number of hydrogen-bond acceptors (Lipinski definition) is 2. The van der Waals surface area contributed by atoms with Crippen molar-refractivity contribution < 1.29 is 8.42 Å². The van der Waals surface area contributed by atoms with Crippen LogP contribution >= 0.6 is 0 Å². The third kappa shape index (κ3) is 2.79. The molecular weight excluding hydrogens is 244 g/mol. The van der Waals surface area contributed by atoms with E-state index in [-0.39, 0.29) is 5.75 Å². The molecule has 0 aliphatic heterocycles. The monoisotopic (exact) mass is 260 g/mol. The molecule has 2 aromatic rings. The van der Waals surface area contributed by atoms with Gasteiger partial charge in [-0.2, -0.15) is 0 Å². The topological polar surface area (TPSA) is 34.1 Å². The Morgan fingerprint density at radius 3 is 2.22 bits per heavy atom. The Labute approximate surface area is 108 Å². The molecule has 0 amide bonds. The second kappa shape index (κ2) is 4.94. The smallest absolute Gasteiger partial charge is 0.182 e. The van der Waals surface area contributed by atoms with Gasteiger partial charge in [0.2, 0.25) is 0 Å². The van der Waals surface area contributed by atoms with E-state index in [1.807, 2.05) is 56.3 Å². The lowest BCUT2D eigenvalue weighted by Gasteiger charge is -2.08. The number of aryl methyl sites for hydroxylation is 2. The Bertz CT molecular complexity index is 643. The van der Waals surface area contributed by atoms with Crippen LogP contribution in [-0.4, -0.2) is 8.42 Å². The van der Waals surface area contributed by atoms with Gasteiger partial charge in [-0.1, -0.05) is 48.0 Å². The van der Waals surface area contributed by atoms with Crippen LogP contribution in [0.5, 0.6) is 0 Å². The molecule has 0 radical (unpaired) electrons. The molecule has 0 fully saturated rings. The van der Waals surface area contributed by atoms with Crippen LogP contribution in [0.2, 0.25) is 0 Å². The SMILES string of the molecule is Cc1ccc(S(=O)(=O)Cc2ccccc2)c(C)c1. The third-order valence-electron chi connectivity index (χ3n) is 2.87. The quantitative estimate of drug-likeness (QED) is 0.848. The zero-order chi connectivity index (χ0) is 13.2. The van der Waals surface area contributed by atoms with Gasteiger partial charge in [0.1, 0.15) is 0 Å². The van der Waals surface area contributed by atoms with E-state index in [0.717, 1.165) is 16.7 Å². The summed E-state index contributed by atoms with van der Waals surface area (Å²) in [6.07, 6.45) is 0. The van der Waals surface area contributed by atoms with Crippen molar-refractivity contribution in [1.82, 2.24) is 0 Å². The average Bonchev–Trinajstić information content (AvgIpc) is 2.29. The first-order valence-electron chi connectivity index (χ1n) is 5.83. The van der Waals surface area contributed by atoms with E-state index < -0.39 is 9.84 Å². The standard InChI is InChI=1S/C15H16O2S/c1-12-8-9-15(13(2)10-12)18(16,17)11-14-6-4-3-5-7-14/h3-10H,11H2,1-2H3. The van der Waals surface area contributed by atoms with Gasteiger partial charge in [-0.25, -0.2) is 8.42 Å². The summed E-state index contributed by atoms with van der Waals surface area (Å²) >= 11 is 0. The molecule has 3 heteroatoms. The molecule has 2 aromatic carbocycles. The van der Waals surface area contributed by atoms with Crippen molar-refractivity contribution in [3.63, 3.8) is 0 Å². The number of hydrogen-bond donors (Lipinski definition) is 0. The minimum atomic E-state index is -3.26. The normalized spacial score (nSPS) is 11.4. The highest BCUT2D eigenvalue weighted by atomic mass is 32.2. The van der Waals surface area contributed by atoms with Crippen LogP contribution in [-0.2, 0) is 15.6 Å². The minimum absolute atomic E-state index is 0.0533. The summed E-state index contributed by atoms with van der Waals surface area (Å²) < 4.78 is 24.7. The largest absolute Gasteiger partial charge is 0.223 e. The first-order chi connectivity index (χ1) is 8.49. The van der Waals surface area contributed by atoms with E-state index in [2.05, 4.69) is 0 Å². The third-order valence-corrected chi connectivity index (χ3v) is 4.71. The second-order valence-corrected chi connectivity index (χ2v) is 6.47. The van der Waals surface area contributed by atoms with Gasteiger partial charge < -0.3 is 0 Å². The van der Waals surface area contributed by atoms with Crippen LogP contribution in [0.3, 0.4) is 0 Å². The fourth-order valence-electron chi connectivity index (χ4n) is 2.02. The molecule has 0 unspecified atom stereocenters. The molecule has 0 atom stereocenters. The molecule has 2 rings (SSSR count). The second-order valence-electron chi connectivity index (χ2n) is 4.51. The fourth-order valence-corrected chi connectivity index (χ4v) is 3.63. The molecule has 0 aliphatic rings. The summed E-state index contributed by atoms with van der Waals surface area (Å²) in [5.41, 5.74) is 2.70. The summed E-state index contributed by atoms with van der Waals surface area (Å²) in [5, 5.41) is 0. The molecule has 0 aromatic heterocycles. The first kappa shape index (κ1) is 12.8. The van der Waals surface area contributed by atoms with Gasteiger partial charge in [0.15, 0.2) is 9.84 Å². The maximum atomic E-state index is 12.3. The van der Waals surface area contributed by atoms with E-state index in [1.54, 1.807) is 6.07 Å². The summed E-state index contributed by atoms with van der Waals surface area (Å²) in [4.78, 5) is 0.428. The lowest BCUT2D eigenvalue weighted by Crippen LogP contribution is -2.06. The molecule has 94 valence electrons. The number of rotatable bonds is 3. The van der Waals surface area contributed by atoms with E-state index in [0.29, 0.717) is 4.90 Å². The molecule has 0 spiro atoms. The maximum absolute atomic E-state index is 12.3. The molecule has 0 aliphatic carbocycles. The molecule has 0 saturated heterocycles. The van der Waals surface area contributed by atoms with Crippen LogP contribution in [0.4, 0.5) is 0 Å². The molecule has 2 nitrogen and oxygen atoms in total. The Morgan fingerprint density at radius 1 is 0.944 bits per heavy atom. The van der Waals surface area contributed by atoms with Gasteiger partial charge >= 0.3 is 0 Å². The summed E-state index contributed by atoms with van der Waals surface area (Å²) in [6, 6.07) is 14.7. The average molecular weight is 260 g/mol. The van der Waals surface area contributed by atoms with Crippen LogP contribution in [0.1, 0.15) is 16.7 Å². The Kier molecular flexibility index (Phi) is 3.53. The van der Waals surface area contributed by atoms with E-state index in [1.165, 1.54) is 0 Å². The van der Waals surface area contributed by atoms with Gasteiger partial charge in [0.05, 0.1) is 10.6 Å². The minimum Gasteiger partial charge on any atom is -0.223 e. The highest BCUT2D eigenvalue weighted by Crippen LogP contribution is 2.21. The molecule has 0 N–H and O–H groups in total. The summed E-state index contributed by atoms with van der Waals surface area (Å²) in [7, 11) is -3.26. The van der Waals surface area contributed by atoms with Crippen molar-refractivity contribution in [3.05, 3.63) is 65.2 Å². The Balaban J connectivity index is 2.37.